The summed E-state index contributed by atoms with van der Waals surface area (Å²) in [6.07, 6.45) is 0.192. The van der Waals surface area contributed by atoms with E-state index in [4.69, 9.17) is 0 Å². The highest BCUT2D eigenvalue weighted by molar-refractivity contribution is 7.14. The molecule has 0 saturated heterocycles. The van der Waals surface area contributed by atoms with E-state index in [2.05, 4.69) is 27.6 Å². The van der Waals surface area contributed by atoms with Crippen LogP contribution < -0.4 is 10.6 Å². The van der Waals surface area contributed by atoms with Gasteiger partial charge in [-0.05, 0) is 37.3 Å². The summed E-state index contributed by atoms with van der Waals surface area (Å²) in [6.45, 7) is 7.42. The number of hydrogen-bond acceptors (Lipinski definition) is 6. The molecule has 1 unspecified atom stereocenters. The molecule has 3 aromatic heterocycles. The minimum absolute atomic E-state index is 0.0818. The number of anilines is 1. The fourth-order valence-electron chi connectivity index (χ4n) is 2.75. The van der Waals surface area contributed by atoms with Crippen molar-refractivity contribution in [2.24, 2.45) is 5.92 Å². The van der Waals surface area contributed by atoms with Crippen LogP contribution in [0.3, 0.4) is 0 Å². The lowest BCUT2D eigenvalue weighted by atomic mass is 10.1. The Kier molecular flexibility index (Phi) is 6.58. The smallest absolute Gasteiger partial charge is 0.267 e. The molecule has 3 aromatic rings. The van der Waals surface area contributed by atoms with E-state index < -0.39 is 0 Å². The van der Waals surface area contributed by atoms with Crippen LogP contribution in [0.5, 0.6) is 0 Å². The van der Waals surface area contributed by atoms with Gasteiger partial charge in [-0.25, -0.2) is 4.98 Å². The van der Waals surface area contributed by atoms with Crippen LogP contribution in [0.2, 0.25) is 0 Å². The van der Waals surface area contributed by atoms with Gasteiger partial charge >= 0.3 is 0 Å². The SMILES string of the molecule is Cc1cc(C)n(CC(C)CNC(=O)Cc2csc(NC(=O)c3cccs3)n2)n1. The molecule has 0 saturated carbocycles. The molecule has 0 aliphatic heterocycles. The predicted octanol–water partition coefficient (Wildman–Crippen LogP) is 3.27. The summed E-state index contributed by atoms with van der Waals surface area (Å²) < 4.78 is 1.97. The topological polar surface area (TPSA) is 88.9 Å². The van der Waals surface area contributed by atoms with E-state index in [1.54, 1.807) is 11.4 Å². The van der Waals surface area contributed by atoms with Crippen molar-refractivity contribution in [2.75, 3.05) is 11.9 Å². The molecule has 0 aromatic carbocycles. The fraction of sp³-hybridized carbons (Fsp3) is 0.368. The average molecular weight is 418 g/mol. The highest BCUT2D eigenvalue weighted by Gasteiger charge is 2.13. The zero-order valence-corrected chi connectivity index (χ0v) is 17.7. The maximum absolute atomic E-state index is 12.2. The summed E-state index contributed by atoms with van der Waals surface area (Å²) in [7, 11) is 0. The highest BCUT2D eigenvalue weighted by Crippen LogP contribution is 2.18. The van der Waals surface area contributed by atoms with Crippen LogP contribution >= 0.6 is 22.7 Å². The summed E-state index contributed by atoms with van der Waals surface area (Å²) in [4.78, 5) is 29.2. The van der Waals surface area contributed by atoms with Crippen LogP contribution in [0.15, 0.2) is 29.0 Å². The Morgan fingerprint density at radius 3 is 2.79 bits per heavy atom. The van der Waals surface area contributed by atoms with Crippen molar-refractivity contribution in [3.8, 4) is 0 Å². The van der Waals surface area contributed by atoms with Crippen LogP contribution in [0.25, 0.3) is 0 Å². The number of aromatic nitrogens is 3. The molecular formula is C19H23N5O2S2. The first kappa shape index (κ1) is 20.2. The van der Waals surface area contributed by atoms with Gasteiger partial charge in [-0.2, -0.15) is 5.10 Å². The van der Waals surface area contributed by atoms with Crippen LogP contribution in [0.1, 0.15) is 33.7 Å². The van der Waals surface area contributed by atoms with Gasteiger partial charge in [0, 0.05) is 24.2 Å². The van der Waals surface area contributed by atoms with E-state index in [0.717, 1.165) is 17.9 Å². The molecule has 2 N–H and O–H groups in total. The Morgan fingerprint density at radius 1 is 1.29 bits per heavy atom. The summed E-state index contributed by atoms with van der Waals surface area (Å²) in [6, 6.07) is 5.63. The molecular weight excluding hydrogens is 394 g/mol. The number of thiophene rings is 1. The number of hydrogen-bond donors (Lipinski definition) is 2. The maximum Gasteiger partial charge on any atom is 0.267 e. The second-order valence-corrected chi connectivity index (χ2v) is 8.58. The van der Waals surface area contributed by atoms with Gasteiger partial charge in [-0.15, -0.1) is 22.7 Å². The van der Waals surface area contributed by atoms with E-state index in [1.165, 1.54) is 22.7 Å². The molecule has 0 bridgehead atoms. The van der Waals surface area contributed by atoms with Gasteiger partial charge in [-0.3, -0.25) is 19.6 Å². The molecule has 3 heterocycles. The molecule has 0 fully saturated rings. The van der Waals surface area contributed by atoms with Crippen LogP contribution in [-0.4, -0.2) is 33.1 Å². The monoisotopic (exact) mass is 417 g/mol. The number of rotatable bonds is 8. The van der Waals surface area contributed by atoms with Crippen molar-refractivity contribution in [3.05, 3.63) is 50.9 Å². The Labute approximate surface area is 171 Å². The van der Waals surface area contributed by atoms with E-state index in [0.29, 0.717) is 22.2 Å². The number of carbonyl (C=O) groups excluding carboxylic acids is 2. The summed E-state index contributed by atoms with van der Waals surface area (Å²) in [5.74, 6) is -0.00184. The van der Waals surface area contributed by atoms with Crippen molar-refractivity contribution in [1.82, 2.24) is 20.1 Å². The zero-order chi connectivity index (χ0) is 20.1. The minimum Gasteiger partial charge on any atom is -0.355 e. The van der Waals surface area contributed by atoms with E-state index in [-0.39, 0.29) is 24.2 Å². The first-order valence-electron chi connectivity index (χ1n) is 8.97. The molecule has 0 radical (unpaired) electrons. The van der Waals surface area contributed by atoms with Crippen molar-refractivity contribution in [2.45, 2.75) is 33.7 Å². The first-order chi connectivity index (χ1) is 13.4. The number of carbonyl (C=O) groups is 2. The third kappa shape index (κ3) is 5.49. The Morgan fingerprint density at radius 2 is 2.11 bits per heavy atom. The fourth-order valence-corrected chi connectivity index (χ4v) is 4.07. The predicted molar refractivity (Wildman–Crippen MR) is 112 cm³/mol. The molecule has 2 amide bonds. The number of aryl methyl sites for hydroxylation is 2. The van der Waals surface area contributed by atoms with Crippen LogP contribution in [-0.2, 0) is 17.8 Å². The van der Waals surface area contributed by atoms with Crippen molar-refractivity contribution >= 4 is 39.6 Å². The second kappa shape index (κ2) is 9.11. The summed E-state index contributed by atoms with van der Waals surface area (Å²) >= 11 is 2.69. The van der Waals surface area contributed by atoms with Gasteiger partial charge in [0.2, 0.25) is 5.91 Å². The van der Waals surface area contributed by atoms with E-state index in [9.17, 15) is 9.59 Å². The maximum atomic E-state index is 12.2. The number of nitrogens with zero attached hydrogens (tertiary/aromatic N) is 3. The number of amides is 2. The molecule has 0 aliphatic rings. The Hall–Kier alpha value is -2.52. The van der Waals surface area contributed by atoms with Gasteiger partial charge in [-0.1, -0.05) is 13.0 Å². The molecule has 3 rings (SSSR count). The minimum atomic E-state index is -0.182. The Bertz CT molecular complexity index is 946. The molecule has 1 atom stereocenters. The lowest BCUT2D eigenvalue weighted by molar-refractivity contribution is -0.120. The molecule has 9 heteroatoms. The summed E-state index contributed by atoms with van der Waals surface area (Å²) in [5, 5.41) is 14.3. The van der Waals surface area contributed by atoms with E-state index >= 15 is 0 Å². The Balaban J connectivity index is 1.44. The number of nitrogens with one attached hydrogen (secondary N) is 2. The molecule has 148 valence electrons. The van der Waals surface area contributed by atoms with Gasteiger partial charge in [0.1, 0.15) is 0 Å². The quantitative estimate of drug-likeness (QED) is 0.589. The average Bonchev–Trinajstić information content (AvgIpc) is 3.36. The zero-order valence-electron chi connectivity index (χ0n) is 16.1. The van der Waals surface area contributed by atoms with Crippen LogP contribution in [0, 0.1) is 19.8 Å². The van der Waals surface area contributed by atoms with Gasteiger partial charge < -0.3 is 5.32 Å². The highest BCUT2D eigenvalue weighted by atomic mass is 32.1. The normalized spacial score (nSPS) is 12.0. The van der Waals surface area contributed by atoms with Gasteiger partial charge in [0.25, 0.3) is 5.91 Å². The van der Waals surface area contributed by atoms with Crippen molar-refractivity contribution in [3.63, 3.8) is 0 Å². The number of thiazole rings is 1. The lowest BCUT2D eigenvalue weighted by Crippen LogP contribution is -2.31. The molecule has 28 heavy (non-hydrogen) atoms. The molecule has 0 spiro atoms. The molecule has 0 aliphatic carbocycles. The van der Waals surface area contributed by atoms with Gasteiger partial charge in [0.15, 0.2) is 5.13 Å². The summed E-state index contributed by atoms with van der Waals surface area (Å²) in [5.41, 5.74) is 2.77. The largest absolute Gasteiger partial charge is 0.355 e. The second-order valence-electron chi connectivity index (χ2n) is 6.77. The third-order valence-corrected chi connectivity index (χ3v) is 5.77. The lowest BCUT2D eigenvalue weighted by Gasteiger charge is -2.13. The van der Waals surface area contributed by atoms with Gasteiger partial charge in [0.05, 0.1) is 22.7 Å². The standard InChI is InChI=1S/C19H23N5O2S2/c1-12(10-24-14(3)7-13(2)23-24)9-20-17(25)8-15-11-28-19(21-15)22-18(26)16-5-4-6-27-16/h4-7,11-12H,8-10H2,1-3H3,(H,20,25)(H,21,22,26). The first-order valence-corrected chi connectivity index (χ1v) is 10.7. The molecule has 7 nitrogen and oxygen atoms in total. The van der Waals surface area contributed by atoms with Crippen molar-refractivity contribution < 1.29 is 9.59 Å². The van der Waals surface area contributed by atoms with Crippen LogP contribution in [0.4, 0.5) is 5.13 Å². The third-order valence-electron chi connectivity index (χ3n) is 4.09. The van der Waals surface area contributed by atoms with Crippen molar-refractivity contribution in [1.29, 1.82) is 0 Å². The van der Waals surface area contributed by atoms with E-state index in [1.807, 2.05) is 36.0 Å².